The van der Waals surface area contributed by atoms with Crippen molar-refractivity contribution in [2.45, 2.75) is 18.9 Å². The molecule has 2 rings (SSSR count). The van der Waals surface area contributed by atoms with Crippen LogP contribution < -0.4 is 15.5 Å². The Balaban J connectivity index is 1.89. The quantitative estimate of drug-likeness (QED) is 0.356. The summed E-state index contributed by atoms with van der Waals surface area (Å²) in [7, 11) is 0. The van der Waals surface area contributed by atoms with E-state index >= 15 is 0 Å². The number of hydrazone groups is 1. The predicted octanol–water partition coefficient (Wildman–Crippen LogP) is 0.427. The van der Waals surface area contributed by atoms with Gasteiger partial charge in [0.05, 0.1) is 6.21 Å². The van der Waals surface area contributed by atoms with Crippen LogP contribution in [0, 0.1) is 12.3 Å². The van der Waals surface area contributed by atoms with Crippen LogP contribution in [0.1, 0.15) is 18.4 Å². The highest BCUT2D eigenvalue weighted by Crippen LogP contribution is 2.18. The van der Waals surface area contributed by atoms with Crippen LogP contribution in [-0.2, 0) is 9.59 Å². The summed E-state index contributed by atoms with van der Waals surface area (Å²) >= 11 is 0. The zero-order valence-corrected chi connectivity index (χ0v) is 11.3. The summed E-state index contributed by atoms with van der Waals surface area (Å²) in [6.07, 6.45) is 8.37. The first-order valence-electron chi connectivity index (χ1n) is 6.50. The molecular formula is C15H15N3O3. The van der Waals surface area contributed by atoms with Gasteiger partial charge in [-0.25, -0.2) is 5.43 Å². The lowest BCUT2D eigenvalue weighted by Gasteiger charge is -2.05. The third kappa shape index (κ3) is 4.66. The van der Waals surface area contributed by atoms with Crippen molar-refractivity contribution in [2.24, 2.45) is 5.10 Å². The lowest BCUT2D eigenvalue weighted by Crippen LogP contribution is -2.38. The average molecular weight is 285 g/mol. The third-order valence-corrected chi connectivity index (χ3v) is 2.72. The highest BCUT2D eigenvalue weighted by Gasteiger charge is 2.26. The molecule has 1 aliphatic carbocycles. The Kier molecular flexibility index (Phi) is 4.94. The summed E-state index contributed by atoms with van der Waals surface area (Å²) < 4.78 is 5.33. The number of terminal acetylenes is 1. The van der Waals surface area contributed by atoms with Crippen LogP contribution >= 0.6 is 0 Å². The second kappa shape index (κ2) is 7.10. The van der Waals surface area contributed by atoms with Gasteiger partial charge in [0, 0.05) is 11.6 Å². The zero-order valence-electron chi connectivity index (χ0n) is 11.3. The predicted molar refractivity (Wildman–Crippen MR) is 77.7 cm³/mol. The molecule has 0 bridgehead atoms. The Bertz CT molecular complexity index is 600. The summed E-state index contributed by atoms with van der Waals surface area (Å²) in [6, 6.07) is 7.22. The minimum atomic E-state index is -0.792. The number of nitrogens with one attached hydrogen (secondary N) is 2. The molecule has 6 heteroatoms. The zero-order chi connectivity index (χ0) is 15.1. The lowest BCUT2D eigenvalue weighted by atomic mass is 10.2. The van der Waals surface area contributed by atoms with Gasteiger partial charge in [-0.3, -0.25) is 9.59 Å². The van der Waals surface area contributed by atoms with Gasteiger partial charge in [-0.05, 0) is 25.0 Å². The van der Waals surface area contributed by atoms with E-state index in [4.69, 9.17) is 11.2 Å². The minimum absolute atomic E-state index is 0.130. The summed E-state index contributed by atoms with van der Waals surface area (Å²) in [5.74, 6) is 1.45. The Morgan fingerprint density at radius 3 is 2.86 bits per heavy atom. The molecule has 108 valence electrons. The van der Waals surface area contributed by atoms with Crippen molar-refractivity contribution in [2.75, 3.05) is 6.61 Å². The van der Waals surface area contributed by atoms with Gasteiger partial charge in [0.15, 0.2) is 0 Å². The Hall–Kier alpha value is -2.81. The normalized spacial score (nSPS) is 13.5. The molecule has 1 saturated carbocycles. The number of para-hydroxylation sites is 1. The molecule has 0 radical (unpaired) electrons. The molecular weight excluding hydrogens is 270 g/mol. The molecule has 0 aromatic heterocycles. The van der Waals surface area contributed by atoms with Crippen LogP contribution in [0.4, 0.5) is 0 Å². The topological polar surface area (TPSA) is 79.8 Å². The molecule has 2 N–H and O–H groups in total. The lowest BCUT2D eigenvalue weighted by molar-refractivity contribution is -0.139. The Morgan fingerprint density at radius 1 is 1.38 bits per heavy atom. The van der Waals surface area contributed by atoms with E-state index in [1.807, 2.05) is 0 Å². The minimum Gasteiger partial charge on any atom is -0.480 e. The smallest absolute Gasteiger partial charge is 0.329 e. The van der Waals surface area contributed by atoms with Gasteiger partial charge in [0.2, 0.25) is 0 Å². The van der Waals surface area contributed by atoms with E-state index < -0.39 is 11.8 Å². The summed E-state index contributed by atoms with van der Waals surface area (Å²) in [4.78, 5) is 22.9. The van der Waals surface area contributed by atoms with Crippen LogP contribution in [0.2, 0.25) is 0 Å². The first-order chi connectivity index (χ1) is 10.2. The fourth-order valence-corrected chi connectivity index (χ4v) is 1.53. The molecule has 1 aromatic rings. The highest BCUT2D eigenvalue weighted by molar-refractivity contribution is 6.35. The van der Waals surface area contributed by atoms with E-state index in [-0.39, 0.29) is 12.6 Å². The molecule has 0 atom stereocenters. The van der Waals surface area contributed by atoms with E-state index in [0.29, 0.717) is 11.3 Å². The average Bonchev–Trinajstić information content (AvgIpc) is 3.30. The molecule has 0 saturated heterocycles. The molecule has 2 amide bonds. The molecule has 0 spiro atoms. The molecule has 0 heterocycles. The van der Waals surface area contributed by atoms with Crippen LogP contribution in [0.15, 0.2) is 29.4 Å². The van der Waals surface area contributed by atoms with Crippen LogP contribution in [0.25, 0.3) is 0 Å². The van der Waals surface area contributed by atoms with Crippen molar-refractivity contribution in [1.29, 1.82) is 0 Å². The molecule has 0 unspecified atom stereocenters. The number of carbonyl (C=O) groups excluding carboxylic acids is 2. The highest BCUT2D eigenvalue weighted by atomic mass is 16.5. The van der Waals surface area contributed by atoms with Crippen molar-refractivity contribution >= 4 is 18.0 Å². The Labute approximate surface area is 122 Å². The summed E-state index contributed by atoms with van der Waals surface area (Å²) in [5, 5.41) is 6.31. The fraction of sp³-hybridized carbons (Fsp3) is 0.267. The van der Waals surface area contributed by atoms with Crippen LogP contribution in [0.5, 0.6) is 5.75 Å². The van der Waals surface area contributed by atoms with Gasteiger partial charge in [0.25, 0.3) is 0 Å². The molecule has 1 aromatic carbocycles. The number of benzene rings is 1. The number of carbonyl (C=O) groups is 2. The standard InChI is InChI=1S/C15H15N3O3/c1-2-9-21-13-6-4-3-5-11(13)10-16-18-15(20)14(19)17-12-7-8-12/h1,3-6,10,12H,7-9H2,(H,17,19)(H,18,20)/b16-10-. The van der Waals surface area contributed by atoms with E-state index in [1.54, 1.807) is 24.3 Å². The van der Waals surface area contributed by atoms with Crippen molar-refractivity contribution in [3.63, 3.8) is 0 Å². The van der Waals surface area contributed by atoms with Gasteiger partial charge in [0.1, 0.15) is 12.4 Å². The molecule has 1 fully saturated rings. The van der Waals surface area contributed by atoms with Crippen molar-refractivity contribution < 1.29 is 14.3 Å². The van der Waals surface area contributed by atoms with E-state index in [2.05, 4.69) is 21.8 Å². The van der Waals surface area contributed by atoms with Crippen LogP contribution in [-0.4, -0.2) is 30.7 Å². The van der Waals surface area contributed by atoms with Crippen molar-refractivity contribution in [1.82, 2.24) is 10.7 Å². The molecule has 0 aliphatic heterocycles. The van der Waals surface area contributed by atoms with Gasteiger partial charge in [-0.2, -0.15) is 5.10 Å². The van der Waals surface area contributed by atoms with Gasteiger partial charge in [-0.1, -0.05) is 18.1 Å². The number of nitrogens with zero attached hydrogens (tertiary/aromatic N) is 1. The summed E-state index contributed by atoms with van der Waals surface area (Å²) in [5.41, 5.74) is 2.82. The van der Waals surface area contributed by atoms with E-state index in [9.17, 15) is 9.59 Å². The monoisotopic (exact) mass is 285 g/mol. The molecule has 21 heavy (non-hydrogen) atoms. The number of ether oxygens (including phenoxy) is 1. The number of hydrogen-bond donors (Lipinski definition) is 2. The second-order valence-corrected chi connectivity index (χ2v) is 4.48. The van der Waals surface area contributed by atoms with Gasteiger partial charge < -0.3 is 10.1 Å². The fourth-order valence-electron chi connectivity index (χ4n) is 1.53. The van der Waals surface area contributed by atoms with E-state index in [1.165, 1.54) is 6.21 Å². The van der Waals surface area contributed by atoms with E-state index in [0.717, 1.165) is 12.8 Å². The third-order valence-electron chi connectivity index (χ3n) is 2.72. The maximum atomic E-state index is 11.5. The maximum Gasteiger partial charge on any atom is 0.329 e. The SMILES string of the molecule is C#CCOc1ccccc1/C=N\NC(=O)C(=O)NC1CC1. The van der Waals surface area contributed by atoms with Gasteiger partial charge >= 0.3 is 11.8 Å². The second-order valence-electron chi connectivity index (χ2n) is 4.48. The molecule has 6 nitrogen and oxygen atoms in total. The Morgan fingerprint density at radius 2 is 2.14 bits per heavy atom. The molecule has 1 aliphatic rings. The number of hydrogen-bond acceptors (Lipinski definition) is 4. The maximum absolute atomic E-state index is 11.5. The first-order valence-corrected chi connectivity index (χ1v) is 6.50. The van der Waals surface area contributed by atoms with Crippen LogP contribution in [0.3, 0.4) is 0 Å². The largest absolute Gasteiger partial charge is 0.480 e. The number of amides is 2. The van der Waals surface area contributed by atoms with Crippen molar-refractivity contribution in [3.05, 3.63) is 29.8 Å². The summed E-state index contributed by atoms with van der Waals surface area (Å²) in [6.45, 7) is 0.140. The van der Waals surface area contributed by atoms with Gasteiger partial charge in [-0.15, -0.1) is 6.42 Å². The van der Waals surface area contributed by atoms with Crippen molar-refractivity contribution in [3.8, 4) is 18.1 Å². The number of rotatable bonds is 5. The first kappa shape index (κ1) is 14.6.